The molecule has 134 valence electrons. The van der Waals surface area contributed by atoms with Gasteiger partial charge in [0.05, 0.1) is 14.2 Å². The standard InChI is InChI=1S/C22H24N2O2/c1-25-20-9-5-3-7-17(20)11-13-19-15-16-23-22(24-19)14-12-18-8-4-6-10-21(18)26-2/h3-10,15-16H,11-14H2,1-2H3. The highest BCUT2D eigenvalue weighted by atomic mass is 16.5. The minimum Gasteiger partial charge on any atom is -0.496 e. The molecule has 2 aromatic carbocycles. The summed E-state index contributed by atoms with van der Waals surface area (Å²) < 4.78 is 10.8. The van der Waals surface area contributed by atoms with E-state index in [2.05, 4.69) is 17.1 Å². The summed E-state index contributed by atoms with van der Waals surface area (Å²) in [5.41, 5.74) is 3.43. The summed E-state index contributed by atoms with van der Waals surface area (Å²) in [6, 6.07) is 18.2. The van der Waals surface area contributed by atoms with Crippen LogP contribution in [0.4, 0.5) is 0 Å². The lowest BCUT2D eigenvalue weighted by atomic mass is 10.1. The first-order valence-corrected chi connectivity index (χ1v) is 8.84. The number of hydrogen-bond donors (Lipinski definition) is 0. The Morgan fingerprint density at radius 3 is 1.88 bits per heavy atom. The molecule has 0 aliphatic rings. The van der Waals surface area contributed by atoms with Gasteiger partial charge in [0.25, 0.3) is 0 Å². The Bertz CT molecular complexity index is 782. The van der Waals surface area contributed by atoms with Gasteiger partial charge in [-0.25, -0.2) is 9.97 Å². The zero-order valence-corrected chi connectivity index (χ0v) is 15.3. The first kappa shape index (κ1) is 17.9. The molecule has 0 fully saturated rings. The molecule has 4 nitrogen and oxygen atoms in total. The molecule has 0 bridgehead atoms. The molecule has 1 heterocycles. The lowest BCUT2D eigenvalue weighted by Gasteiger charge is -2.09. The van der Waals surface area contributed by atoms with E-state index < -0.39 is 0 Å². The smallest absolute Gasteiger partial charge is 0.128 e. The average molecular weight is 348 g/mol. The monoisotopic (exact) mass is 348 g/mol. The zero-order valence-electron chi connectivity index (χ0n) is 15.3. The predicted molar refractivity (Wildman–Crippen MR) is 103 cm³/mol. The molecular formula is C22H24N2O2. The number of methoxy groups -OCH3 is 2. The summed E-state index contributed by atoms with van der Waals surface area (Å²) in [5, 5.41) is 0. The highest BCUT2D eigenvalue weighted by molar-refractivity contribution is 5.34. The fourth-order valence-corrected chi connectivity index (χ4v) is 3.03. The molecule has 0 saturated heterocycles. The van der Waals surface area contributed by atoms with Crippen molar-refractivity contribution in [2.45, 2.75) is 25.7 Å². The van der Waals surface area contributed by atoms with Crippen molar-refractivity contribution in [2.75, 3.05) is 14.2 Å². The van der Waals surface area contributed by atoms with E-state index in [-0.39, 0.29) is 0 Å². The Balaban J connectivity index is 1.63. The molecule has 0 radical (unpaired) electrons. The van der Waals surface area contributed by atoms with Crippen LogP contribution in [0.3, 0.4) is 0 Å². The molecule has 0 N–H and O–H groups in total. The topological polar surface area (TPSA) is 44.2 Å². The first-order chi connectivity index (χ1) is 12.8. The van der Waals surface area contributed by atoms with E-state index in [1.54, 1.807) is 14.2 Å². The minimum atomic E-state index is 0.795. The molecule has 0 aliphatic heterocycles. The predicted octanol–water partition coefficient (Wildman–Crippen LogP) is 4.06. The molecule has 0 saturated carbocycles. The quantitative estimate of drug-likeness (QED) is 0.616. The number of aryl methyl sites for hydroxylation is 4. The second-order valence-electron chi connectivity index (χ2n) is 6.09. The Hall–Kier alpha value is -2.88. The first-order valence-electron chi connectivity index (χ1n) is 8.84. The normalized spacial score (nSPS) is 10.5. The van der Waals surface area contributed by atoms with E-state index >= 15 is 0 Å². The SMILES string of the molecule is COc1ccccc1CCc1ccnc(CCc2ccccc2OC)n1. The van der Waals surface area contributed by atoms with Crippen molar-refractivity contribution >= 4 is 0 Å². The van der Waals surface area contributed by atoms with E-state index in [1.165, 1.54) is 11.1 Å². The lowest BCUT2D eigenvalue weighted by Crippen LogP contribution is -2.03. The summed E-state index contributed by atoms with van der Waals surface area (Å²) in [6.45, 7) is 0. The highest BCUT2D eigenvalue weighted by Crippen LogP contribution is 2.20. The van der Waals surface area contributed by atoms with E-state index in [4.69, 9.17) is 14.5 Å². The summed E-state index contributed by atoms with van der Waals surface area (Å²) >= 11 is 0. The molecular weight excluding hydrogens is 324 g/mol. The van der Waals surface area contributed by atoms with Crippen molar-refractivity contribution in [3.63, 3.8) is 0 Å². The largest absolute Gasteiger partial charge is 0.496 e. The van der Waals surface area contributed by atoms with Crippen molar-refractivity contribution in [3.8, 4) is 11.5 Å². The molecule has 1 aromatic heterocycles. The Kier molecular flexibility index (Phi) is 6.20. The maximum atomic E-state index is 5.42. The van der Waals surface area contributed by atoms with Crippen LogP contribution >= 0.6 is 0 Å². The van der Waals surface area contributed by atoms with Gasteiger partial charge in [-0.1, -0.05) is 36.4 Å². The van der Waals surface area contributed by atoms with E-state index in [0.29, 0.717) is 0 Å². The number of aromatic nitrogens is 2. The molecule has 0 unspecified atom stereocenters. The summed E-state index contributed by atoms with van der Waals surface area (Å²) in [6.07, 6.45) is 5.27. The van der Waals surface area contributed by atoms with Crippen molar-refractivity contribution in [2.24, 2.45) is 0 Å². The molecule has 0 aliphatic carbocycles. The number of benzene rings is 2. The van der Waals surface area contributed by atoms with Crippen LogP contribution < -0.4 is 9.47 Å². The van der Waals surface area contributed by atoms with Crippen LogP contribution in [-0.2, 0) is 25.7 Å². The molecule has 3 rings (SSSR count). The number of ether oxygens (including phenoxy) is 2. The highest BCUT2D eigenvalue weighted by Gasteiger charge is 2.06. The lowest BCUT2D eigenvalue weighted by molar-refractivity contribution is 0.409. The van der Waals surface area contributed by atoms with Gasteiger partial charge in [0.2, 0.25) is 0 Å². The second kappa shape index (κ2) is 8.99. The third-order valence-electron chi connectivity index (χ3n) is 4.42. The molecule has 0 spiro atoms. The van der Waals surface area contributed by atoms with Crippen molar-refractivity contribution in [1.82, 2.24) is 9.97 Å². The Morgan fingerprint density at radius 1 is 0.692 bits per heavy atom. The van der Waals surface area contributed by atoms with Crippen LogP contribution in [0.15, 0.2) is 60.8 Å². The van der Waals surface area contributed by atoms with Crippen LogP contribution in [0, 0.1) is 0 Å². The number of nitrogens with zero attached hydrogens (tertiary/aromatic N) is 2. The van der Waals surface area contributed by atoms with Gasteiger partial charge in [0, 0.05) is 18.3 Å². The van der Waals surface area contributed by atoms with Gasteiger partial charge < -0.3 is 9.47 Å². The van der Waals surface area contributed by atoms with Crippen molar-refractivity contribution in [1.29, 1.82) is 0 Å². The molecule has 3 aromatic rings. The third-order valence-corrected chi connectivity index (χ3v) is 4.42. The van der Waals surface area contributed by atoms with Crippen LogP contribution in [0.1, 0.15) is 22.6 Å². The van der Waals surface area contributed by atoms with Gasteiger partial charge in [0.1, 0.15) is 17.3 Å². The van der Waals surface area contributed by atoms with E-state index in [1.807, 2.05) is 48.7 Å². The van der Waals surface area contributed by atoms with Gasteiger partial charge in [-0.05, 0) is 48.6 Å². The van der Waals surface area contributed by atoms with Crippen LogP contribution in [-0.4, -0.2) is 24.2 Å². The maximum Gasteiger partial charge on any atom is 0.128 e. The zero-order chi connectivity index (χ0) is 18.2. The Labute approximate surface area is 154 Å². The number of rotatable bonds is 8. The fourth-order valence-electron chi connectivity index (χ4n) is 3.03. The summed E-state index contributed by atoms with van der Waals surface area (Å²) in [4.78, 5) is 9.14. The fraction of sp³-hybridized carbons (Fsp3) is 0.273. The van der Waals surface area contributed by atoms with Crippen LogP contribution in [0.5, 0.6) is 11.5 Å². The summed E-state index contributed by atoms with van der Waals surface area (Å²) in [7, 11) is 3.41. The average Bonchev–Trinajstić information content (AvgIpc) is 2.71. The Morgan fingerprint density at radius 2 is 1.27 bits per heavy atom. The van der Waals surface area contributed by atoms with Gasteiger partial charge in [0.15, 0.2) is 0 Å². The van der Waals surface area contributed by atoms with E-state index in [0.717, 1.165) is 48.7 Å². The molecule has 4 heteroatoms. The van der Waals surface area contributed by atoms with E-state index in [9.17, 15) is 0 Å². The van der Waals surface area contributed by atoms with Crippen molar-refractivity contribution < 1.29 is 9.47 Å². The van der Waals surface area contributed by atoms with Gasteiger partial charge >= 0.3 is 0 Å². The number of para-hydroxylation sites is 2. The van der Waals surface area contributed by atoms with Gasteiger partial charge in [-0.3, -0.25) is 0 Å². The van der Waals surface area contributed by atoms with Crippen LogP contribution in [0.2, 0.25) is 0 Å². The minimum absolute atomic E-state index is 0.795. The van der Waals surface area contributed by atoms with Gasteiger partial charge in [-0.15, -0.1) is 0 Å². The third kappa shape index (κ3) is 4.60. The maximum absolute atomic E-state index is 5.42. The second-order valence-corrected chi connectivity index (χ2v) is 6.09. The van der Waals surface area contributed by atoms with Gasteiger partial charge in [-0.2, -0.15) is 0 Å². The number of hydrogen-bond acceptors (Lipinski definition) is 4. The van der Waals surface area contributed by atoms with Crippen molar-refractivity contribution in [3.05, 3.63) is 83.4 Å². The molecule has 26 heavy (non-hydrogen) atoms. The van der Waals surface area contributed by atoms with Crippen LogP contribution in [0.25, 0.3) is 0 Å². The summed E-state index contributed by atoms with van der Waals surface area (Å²) in [5.74, 6) is 2.71. The molecule has 0 amide bonds. The molecule has 0 atom stereocenters.